The van der Waals surface area contributed by atoms with Crippen molar-refractivity contribution >= 4 is 28.4 Å². The number of rotatable bonds is 4. The normalized spacial score (nSPS) is 19.0. The van der Waals surface area contributed by atoms with Crippen molar-refractivity contribution in [3.63, 3.8) is 0 Å². The number of nitrogens with zero attached hydrogens (tertiary/aromatic N) is 7. The highest BCUT2D eigenvalue weighted by Crippen LogP contribution is 2.29. The molecule has 2 saturated heterocycles. The molecule has 0 unspecified atom stereocenters. The number of halogens is 3. The van der Waals surface area contributed by atoms with E-state index in [0.29, 0.717) is 46.3 Å². The molecular formula is C23H28F3N9O. The number of alkyl halides is 3. The molecule has 0 spiro atoms. The molecule has 4 aromatic heterocycles. The highest BCUT2D eigenvalue weighted by atomic mass is 19.3. The van der Waals surface area contributed by atoms with Gasteiger partial charge in [-0.25, -0.2) is 27.7 Å². The van der Waals surface area contributed by atoms with Gasteiger partial charge >= 0.3 is 0 Å². The van der Waals surface area contributed by atoms with Crippen LogP contribution in [0.5, 0.6) is 0 Å². The van der Waals surface area contributed by atoms with Crippen LogP contribution in [-0.2, 0) is 11.3 Å². The number of nitrogens with two attached hydrogens (primary N) is 2. The lowest BCUT2D eigenvalue weighted by atomic mass is 10.1. The number of hydrogen-bond acceptors (Lipinski definition) is 8. The lowest BCUT2D eigenvalue weighted by molar-refractivity contribution is -0.0780. The van der Waals surface area contributed by atoms with Gasteiger partial charge in [0, 0.05) is 18.3 Å². The Kier molecular flexibility index (Phi) is 6.67. The monoisotopic (exact) mass is 503 g/mol. The van der Waals surface area contributed by atoms with Gasteiger partial charge in [-0.2, -0.15) is 4.98 Å². The maximum Gasteiger partial charge on any atom is 0.256 e. The summed E-state index contributed by atoms with van der Waals surface area (Å²) in [5.41, 5.74) is 14.3. The van der Waals surface area contributed by atoms with Gasteiger partial charge in [0.25, 0.3) is 6.43 Å². The summed E-state index contributed by atoms with van der Waals surface area (Å²) in [6.45, 7) is 4.53. The number of fused-ring (bicyclic) bond motifs is 2. The minimum Gasteiger partial charge on any atom is -0.382 e. The first-order valence-electron chi connectivity index (χ1n) is 11.8. The van der Waals surface area contributed by atoms with Crippen molar-refractivity contribution in [1.29, 1.82) is 0 Å². The van der Waals surface area contributed by atoms with Crippen molar-refractivity contribution in [3.8, 4) is 11.3 Å². The fraction of sp³-hybridized carbons (Fsp3) is 0.478. The van der Waals surface area contributed by atoms with Gasteiger partial charge in [0.05, 0.1) is 31.5 Å². The molecule has 2 aliphatic rings. The number of nitrogen functional groups attached to an aromatic ring is 2. The molecule has 36 heavy (non-hydrogen) atoms. The van der Waals surface area contributed by atoms with Crippen molar-refractivity contribution in [1.82, 2.24) is 34.0 Å². The van der Waals surface area contributed by atoms with Gasteiger partial charge in [-0.05, 0) is 44.5 Å². The van der Waals surface area contributed by atoms with E-state index in [1.54, 1.807) is 31.3 Å². The zero-order chi connectivity index (χ0) is 25.4. The van der Waals surface area contributed by atoms with Crippen molar-refractivity contribution < 1.29 is 17.9 Å². The third-order valence-electron chi connectivity index (χ3n) is 6.47. The quantitative estimate of drug-likeness (QED) is 0.436. The van der Waals surface area contributed by atoms with E-state index in [9.17, 15) is 13.2 Å². The van der Waals surface area contributed by atoms with Gasteiger partial charge in [0.15, 0.2) is 11.5 Å². The van der Waals surface area contributed by atoms with Crippen LogP contribution in [0.2, 0.25) is 0 Å². The second-order valence-corrected chi connectivity index (χ2v) is 9.00. The Labute approximate surface area is 205 Å². The number of ether oxygens (including phenoxy) is 1. The van der Waals surface area contributed by atoms with Gasteiger partial charge in [-0.3, -0.25) is 4.90 Å². The standard InChI is InChI=1S/C15H14F2N8.C8H14FNO/c1-7-20-10-3-2-9(21-14(10)24(7)6-11(16)17)8-4-5-25-12(8)13(18)22-15(19)23-25;9-7-2-1-3-10(4-7)8-5-11-6-8/h2-5,11H,6H2,1H3,(H4,18,19,22,23);7-8H,1-6H2/t;7-/m.1/s1. The third kappa shape index (κ3) is 4.80. The fourth-order valence-corrected chi connectivity index (χ4v) is 4.62. The summed E-state index contributed by atoms with van der Waals surface area (Å²) in [6, 6.07) is 5.79. The van der Waals surface area contributed by atoms with Crippen LogP contribution in [0, 0.1) is 6.92 Å². The molecule has 13 heteroatoms. The number of piperidine rings is 1. The van der Waals surface area contributed by atoms with Crippen LogP contribution in [0.4, 0.5) is 24.9 Å². The van der Waals surface area contributed by atoms with E-state index >= 15 is 0 Å². The highest BCUT2D eigenvalue weighted by molar-refractivity contribution is 5.88. The Hall–Kier alpha value is -3.45. The number of imidazole rings is 1. The molecule has 2 aliphatic heterocycles. The van der Waals surface area contributed by atoms with E-state index in [-0.39, 0.29) is 11.8 Å². The summed E-state index contributed by atoms with van der Waals surface area (Å²) in [5.74, 6) is 0.755. The molecule has 0 aliphatic carbocycles. The summed E-state index contributed by atoms with van der Waals surface area (Å²) >= 11 is 0. The Morgan fingerprint density at radius 2 is 1.94 bits per heavy atom. The zero-order valence-electron chi connectivity index (χ0n) is 19.8. The zero-order valence-corrected chi connectivity index (χ0v) is 19.8. The maximum atomic E-state index is 12.9. The smallest absolute Gasteiger partial charge is 0.256 e. The summed E-state index contributed by atoms with van der Waals surface area (Å²) in [7, 11) is 0. The molecular weight excluding hydrogens is 475 g/mol. The third-order valence-corrected chi connectivity index (χ3v) is 6.47. The van der Waals surface area contributed by atoms with E-state index in [1.165, 1.54) is 9.08 Å². The summed E-state index contributed by atoms with van der Waals surface area (Å²) in [6.07, 6.45) is 0.363. The van der Waals surface area contributed by atoms with Gasteiger partial charge in [-0.15, -0.1) is 5.10 Å². The molecule has 0 aromatic carbocycles. The molecule has 0 radical (unpaired) electrons. The molecule has 6 rings (SSSR count). The maximum absolute atomic E-state index is 12.9. The van der Waals surface area contributed by atoms with E-state index in [1.807, 2.05) is 0 Å². The SMILES string of the molecule is Cc1nc2ccc(-c3ccn4nc(N)nc(N)c34)nc2n1CC(F)F.F[C@@H]1CCCN(C2COC2)C1. The second-order valence-electron chi connectivity index (χ2n) is 9.00. The molecule has 6 heterocycles. The van der Waals surface area contributed by atoms with Crippen LogP contribution in [-0.4, -0.2) is 79.0 Å². The fourth-order valence-electron chi connectivity index (χ4n) is 4.62. The molecule has 4 N–H and O–H groups in total. The molecule has 2 fully saturated rings. The molecule has 192 valence electrons. The number of hydrogen-bond donors (Lipinski definition) is 2. The molecule has 10 nitrogen and oxygen atoms in total. The number of anilines is 2. The second kappa shape index (κ2) is 9.90. The average Bonchev–Trinajstić information content (AvgIpc) is 3.34. The first kappa shape index (κ1) is 24.3. The van der Waals surface area contributed by atoms with Gasteiger partial charge in [0.2, 0.25) is 5.95 Å². The predicted molar refractivity (Wildman–Crippen MR) is 129 cm³/mol. The van der Waals surface area contributed by atoms with Crippen molar-refractivity contribution in [2.24, 2.45) is 0 Å². The average molecular weight is 504 g/mol. The van der Waals surface area contributed by atoms with E-state index in [0.717, 1.165) is 32.6 Å². The van der Waals surface area contributed by atoms with Crippen LogP contribution in [0.25, 0.3) is 27.9 Å². The van der Waals surface area contributed by atoms with Crippen LogP contribution in [0.1, 0.15) is 18.7 Å². The van der Waals surface area contributed by atoms with Crippen molar-refractivity contribution in [2.45, 2.75) is 44.9 Å². The molecule has 0 amide bonds. The van der Waals surface area contributed by atoms with Crippen molar-refractivity contribution in [2.75, 3.05) is 37.8 Å². The molecule has 4 aromatic rings. The molecule has 1 atom stereocenters. The van der Waals surface area contributed by atoms with Gasteiger partial charge < -0.3 is 20.8 Å². The Morgan fingerprint density at radius 3 is 2.64 bits per heavy atom. The number of aromatic nitrogens is 6. The molecule has 0 saturated carbocycles. The minimum absolute atomic E-state index is 0.0567. The Morgan fingerprint density at radius 1 is 1.14 bits per heavy atom. The largest absolute Gasteiger partial charge is 0.382 e. The number of aryl methyl sites for hydroxylation is 1. The number of likely N-dealkylation sites (tertiary alicyclic amines) is 1. The summed E-state index contributed by atoms with van der Waals surface area (Å²) in [5, 5.41) is 4.06. The van der Waals surface area contributed by atoms with E-state index < -0.39 is 19.1 Å². The minimum atomic E-state index is -2.50. The summed E-state index contributed by atoms with van der Waals surface area (Å²) in [4.78, 5) is 15.0. The lowest BCUT2D eigenvalue weighted by Crippen LogP contribution is -2.52. The van der Waals surface area contributed by atoms with Gasteiger partial charge in [0.1, 0.15) is 23.0 Å². The number of pyridine rings is 1. The van der Waals surface area contributed by atoms with Gasteiger partial charge in [-0.1, -0.05) is 0 Å². The Bertz CT molecular complexity index is 1370. The summed E-state index contributed by atoms with van der Waals surface area (Å²) < 4.78 is 46.6. The Balaban J connectivity index is 0.000000202. The van der Waals surface area contributed by atoms with Crippen LogP contribution in [0.15, 0.2) is 24.4 Å². The van der Waals surface area contributed by atoms with Crippen molar-refractivity contribution in [3.05, 3.63) is 30.2 Å². The van der Waals surface area contributed by atoms with Crippen LogP contribution >= 0.6 is 0 Å². The highest BCUT2D eigenvalue weighted by Gasteiger charge is 2.30. The van der Waals surface area contributed by atoms with Crippen LogP contribution < -0.4 is 11.5 Å². The topological polar surface area (TPSA) is 125 Å². The van der Waals surface area contributed by atoms with E-state index in [4.69, 9.17) is 16.2 Å². The first-order chi connectivity index (χ1) is 17.3. The predicted octanol–water partition coefficient (Wildman–Crippen LogP) is 2.70. The van der Waals surface area contributed by atoms with E-state index in [2.05, 4.69) is 25.0 Å². The molecule has 0 bridgehead atoms. The lowest BCUT2D eigenvalue weighted by Gasteiger charge is -2.40. The van der Waals surface area contributed by atoms with Crippen LogP contribution in [0.3, 0.4) is 0 Å². The first-order valence-corrected chi connectivity index (χ1v) is 11.8.